The van der Waals surface area contributed by atoms with E-state index in [9.17, 15) is 0 Å². The minimum atomic E-state index is 0.720. The van der Waals surface area contributed by atoms with Gasteiger partial charge in [-0.1, -0.05) is 0 Å². The third-order valence-corrected chi connectivity index (χ3v) is 4.37. The number of hydrogen-bond acceptors (Lipinski definition) is 3. The van der Waals surface area contributed by atoms with Crippen LogP contribution in [0.5, 0.6) is 0 Å². The van der Waals surface area contributed by atoms with E-state index in [2.05, 4.69) is 42.6 Å². The second-order valence-corrected chi connectivity index (χ2v) is 5.93. The fourth-order valence-electron chi connectivity index (χ4n) is 3.06. The first-order valence-corrected chi connectivity index (χ1v) is 6.72. The van der Waals surface area contributed by atoms with Crippen LogP contribution in [0.15, 0.2) is 0 Å². The van der Waals surface area contributed by atoms with Gasteiger partial charge in [0.2, 0.25) is 0 Å². The second kappa shape index (κ2) is 5.03. The number of rotatable bonds is 3. The van der Waals surface area contributed by atoms with Crippen LogP contribution in [-0.4, -0.2) is 73.1 Å². The average Bonchev–Trinajstić information content (AvgIpc) is 2.86. The van der Waals surface area contributed by atoms with E-state index >= 15 is 0 Å². The van der Waals surface area contributed by atoms with Crippen molar-refractivity contribution in [2.45, 2.75) is 44.8 Å². The maximum Gasteiger partial charge on any atom is 0.0236 e. The molecule has 0 N–H and O–H groups in total. The van der Waals surface area contributed by atoms with Gasteiger partial charge >= 0.3 is 0 Å². The summed E-state index contributed by atoms with van der Waals surface area (Å²) in [5.41, 5.74) is 0. The molecule has 0 amide bonds. The van der Waals surface area contributed by atoms with Gasteiger partial charge in [-0.05, 0) is 40.8 Å². The Bertz CT molecular complexity index is 203. The van der Waals surface area contributed by atoms with Crippen molar-refractivity contribution in [3.8, 4) is 0 Å². The Morgan fingerprint density at radius 1 is 1.06 bits per heavy atom. The Hall–Kier alpha value is -0.120. The van der Waals surface area contributed by atoms with Crippen LogP contribution < -0.4 is 0 Å². The molecule has 0 bridgehead atoms. The number of likely N-dealkylation sites (N-methyl/N-ethyl adjacent to an activating group) is 1. The normalized spacial score (nSPS) is 33.4. The Morgan fingerprint density at radius 2 is 1.81 bits per heavy atom. The van der Waals surface area contributed by atoms with Crippen molar-refractivity contribution >= 4 is 0 Å². The van der Waals surface area contributed by atoms with Crippen LogP contribution >= 0.6 is 0 Å². The van der Waals surface area contributed by atoms with Crippen LogP contribution in [0.4, 0.5) is 0 Å². The van der Waals surface area contributed by atoms with Crippen molar-refractivity contribution < 1.29 is 0 Å². The molecule has 0 saturated carbocycles. The number of hydrogen-bond donors (Lipinski definition) is 0. The van der Waals surface area contributed by atoms with E-state index in [4.69, 9.17) is 0 Å². The van der Waals surface area contributed by atoms with Gasteiger partial charge in [0.25, 0.3) is 0 Å². The summed E-state index contributed by atoms with van der Waals surface area (Å²) in [6.07, 6.45) is 2.73. The molecule has 0 aromatic heterocycles. The van der Waals surface area contributed by atoms with Gasteiger partial charge < -0.3 is 4.90 Å². The van der Waals surface area contributed by atoms with Gasteiger partial charge in [-0.3, -0.25) is 9.80 Å². The van der Waals surface area contributed by atoms with Gasteiger partial charge in [0, 0.05) is 44.3 Å². The molecule has 0 radical (unpaired) electrons. The molecule has 2 fully saturated rings. The second-order valence-electron chi connectivity index (χ2n) is 5.93. The van der Waals surface area contributed by atoms with E-state index in [1.165, 1.54) is 39.0 Å². The van der Waals surface area contributed by atoms with Crippen molar-refractivity contribution in [2.24, 2.45) is 0 Å². The fraction of sp³-hybridized carbons (Fsp3) is 1.00. The van der Waals surface area contributed by atoms with E-state index in [0.717, 1.165) is 18.1 Å². The van der Waals surface area contributed by atoms with Gasteiger partial charge in [0.1, 0.15) is 0 Å². The zero-order valence-corrected chi connectivity index (χ0v) is 11.3. The minimum absolute atomic E-state index is 0.720. The van der Waals surface area contributed by atoms with Gasteiger partial charge in [-0.15, -0.1) is 0 Å². The van der Waals surface area contributed by atoms with Crippen molar-refractivity contribution in [3.63, 3.8) is 0 Å². The summed E-state index contributed by atoms with van der Waals surface area (Å²) >= 11 is 0. The smallest absolute Gasteiger partial charge is 0.0236 e. The van der Waals surface area contributed by atoms with Crippen LogP contribution in [0.1, 0.15) is 26.7 Å². The Kier molecular flexibility index (Phi) is 3.88. The van der Waals surface area contributed by atoms with Crippen molar-refractivity contribution in [1.82, 2.24) is 14.7 Å². The average molecular weight is 225 g/mol. The first kappa shape index (κ1) is 12.3. The van der Waals surface area contributed by atoms with Gasteiger partial charge in [0.05, 0.1) is 0 Å². The summed E-state index contributed by atoms with van der Waals surface area (Å²) in [7, 11) is 4.42. The van der Waals surface area contributed by atoms with Gasteiger partial charge in [-0.2, -0.15) is 0 Å². The fourth-order valence-corrected chi connectivity index (χ4v) is 3.06. The zero-order chi connectivity index (χ0) is 11.7. The molecule has 94 valence electrons. The topological polar surface area (TPSA) is 9.72 Å². The van der Waals surface area contributed by atoms with Crippen LogP contribution in [0.2, 0.25) is 0 Å². The summed E-state index contributed by atoms with van der Waals surface area (Å²) < 4.78 is 0. The summed E-state index contributed by atoms with van der Waals surface area (Å²) in [6, 6.07) is 2.33. The summed E-state index contributed by atoms with van der Waals surface area (Å²) in [6.45, 7) is 9.80. The van der Waals surface area contributed by atoms with Gasteiger partial charge in [-0.25, -0.2) is 0 Å². The van der Waals surface area contributed by atoms with Gasteiger partial charge in [0.15, 0.2) is 0 Å². The highest BCUT2D eigenvalue weighted by Gasteiger charge is 2.33. The van der Waals surface area contributed by atoms with Crippen molar-refractivity contribution in [2.75, 3.05) is 40.3 Å². The highest BCUT2D eigenvalue weighted by Crippen LogP contribution is 2.23. The lowest BCUT2D eigenvalue weighted by atomic mass is 10.2. The van der Waals surface area contributed by atoms with E-state index in [1.54, 1.807) is 0 Å². The quantitative estimate of drug-likeness (QED) is 0.712. The molecular formula is C13H27N3. The molecule has 2 unspecified atom stereocenters. The van der Waals surface area contributed by atoms with Crippen LogP contribution in [0.25, 0.3) is 0 Å². The predicted molar refractivity (Wildman–Crippen MR) is 68.8 cm³/mol. The van der Waals surface area contributed by atoms with Crippen molar-refractivity contribution in [1.29, 1.82) is 0 Å². The number of nitrogens with zero attached hydrogens (tertiary/aromatic N) is 3. The molecule has 0 aliphatic carbocycles. The summed E-state index contributed by atoms with van der Waals surface area (Å²) in [5, 5.41) is 0. The molecule has 2 rings (SSSR count). The highest BCUT2D eigenvalue weighted by molar-refractivity contribution is 4.90. The molecule has 3 nitrogen and oxygen atoms in total. The first-order chi connectivity index (χ1) is 7.58. The van der Waals surface area contributed by atoms with Crippen molar-refractivity contribution in [3.05, 3.63) is 0 Å². The molecule has 2 atom stereocenters. The Labute approximate surface area is 100 Å². The van der Waals surface area contributed by atoms with E-state index < -0.39 is 0 Å². The summed E-state index contributed by atoms with van der Waals surface area (Å²) in [5.74, 6) is 0. The predicted octanol–water partition coefficient (Wildman–Crippen LogP) is 1.10. The lowest BCUT2D eigenvalue weighted by Crippen LogP contribution is -2.39. The van der Waals surface area contributed by atoms with Crippen LogP contribution in [-0.2, 0) is 0 Å². The minimum Gasteiger partial charge on any atom is -0.305 e. The standard InChI is InChI=1S/C13H27N3/c1-11(2)15-7-6-13(10-15)16-8-5-12(9-16)14(3)4/h11-13H,5-10H2,1-4H3. The maximum absolute atomic E-state index is 2.72. The Morgan fingerprint density at radius 3 is 2.31 bits per heavy atom. The maximum atomic E-state index is 2.72. The molecule has 3 heteroatoms. The van der Waals surface area contributed by atoms with E-state index in [0.29, 0.717) is 0 Å². The molecule has 0 aromatic carbocycles. The van der Waals surface area contributed by atoms with E-state index in [-0.39, 0.29) is 0 Å². The number of likely N-dealkylation sites (tertiary alicyclic amines) is 2. The first-order valence-electron chi connectivity index (χ1n) is 6.72. The third kappa shape index (κ3) is 2.58. The zero-order valence-electron chi connectivity index (χ0n) is 11.3. The highest BCUT2D eigenvalue weighted by atomic mass is 15.3. The Balaban J connectivity index is 1.82. The summed E-state index contributed by atoms with van der Waals surface area (Å²) in [4.78, 5) is 7.72. The molecular weight excluding hydrogens is 198 g/mol. The lowest BCUT2D eigenvalue weighted by Gasteiger charge is -2.26. The molecule has 2 aliphatic rings. The molecule has 2 aliphatic heterocycles. The molecule has 16 heavy (non-hydrogen) atoms. The van der Waals surface area contributed by atoms with E-state index in [1.807, 2.05) is 0 Å². The monoisotopic (exact) mass is 225 g/mol. The van der Waals surface area contributed by atoms with Crippen LogP contribution in [0, 0.1) is 0 Å². The third-order valence-electron chi connectivity index (χ3n) is 4.37. The molecule has 2 heterocycles. The van der Waals surface area contributed by atoms with Crippen LogP contribution in [0.3, 0.4) is 0 Å². The SMILES string of the molecule is CC(C)N1CCC(N2CCC(N(C)C)C2)C1. The molecule has 0 aromatic rings. The lowest BCUT2D eigenvalue weighted by molar-refractivity contribution is 0.199. The molecule has 2 saturated heterocycles. The largest absolute Gasteiger partial charge is 0.305 e. The molecule has 0 spiro atoms.